The molecule has 0 aliphatic heterocycles. The molecule has 0 amide bonds. The van der Waals surface area contributed by atoms with E-state index in [0.717, 1.165) is 29.0 Å². The molecule has 2 aromatic rings. The number of para-hydroxylation sites is 1. The molecule has 0 aliphatic rings. The lowest BCUT2D eigenvalue weighted by Crippen LogP contribution is -2.10. The van der Waals surface area contributed by atoms with Crippen molar-refractivity contribution in [3.8, 4) is 17.2 Å². The summed E-state index contributed by atoms with van der Waals surface area (Å²) in [5.74, 6) is 2.28. The number of hydrogen-bond acceptors (Lipinski definition) is 5. The summed E-state index contributed by atoms with van der Waals surface area (Å²) in [6, 6.07) is 13.8. The van der Waals surface area contributed by atoms with Crippen LogP contribution in [0.4, 0.5) is 0 Å². The molecule has 1 N–H and O–H groups in total. The Morgan fingerprint density at radius 2 is 1.76 bits per heavy atom. The van der Waals surface area contributed by atoms with Crippen molar-refractivity contribution in [2.75, 3.05) is 20.8 Å². The first-order valence-corrected chi connectivity index (χ1v) is 8.39. The SMILES string of the molecule is CCCOc1ccccc1/C(C)=N/NCc1ccc(OC)c(OC)c1. The molecular weight excluding hydrogens is 316 g/mol. The number of hydrogen-bond donors (Lipinski definition) is 1. The minimum Gasteiger partial charge on any atom is -0.493 e. The van der Waals surface area contributed by atoms with Crippen LogP contribution in [0.5, 0.6) is 17.2 Å². The van der Waals surface area contributed by atoms with Crippen molar-refractivity contribution in [3.63, 3.8) is 0 Å². The zero-order chi connectivity index (χ0) is 18.1. The van der Waals surface area contributed by atoms with E-state index in [0.29, 0.717) is 24.7 Å². The lowest BCUT2D eigenvalue weighted by atomic mass is 10.1. The molecule has 0 radical (unpaired) electrons. The minimum atomic E-state index is 0.593. The topological polar surface area (TPSA) is 52.1 Å². The lowest BCUT2D eigenvalue weighted by Gasteiger charge is -2.11. The Kier molecular flexibility index (Phi) is 7.14. The van der Waals surface area contributed by atoms with E-state index < -0.39 is 0 Å². The number of rotatable bonds is 9. The summed E-state index contributed by atoms with van der Waals surface area (Å²) in [6.45, 7) is 5.35. The van der Waals surface area contributed by atoms with Gasteiger partial charge in [0.05, 0.1) is 33.1 Å². The second-order valence-electron chi connectivity index (χ2n) is 5.57. The van der Waals surface area contributed by atoms with Crippen molar-refractivity contribution in [1.29, 1.82) is 0 Å². The molecule has 0 fully saturated rings. The van der Waals surface area contributed by atoms with Gasteiger partial charge in [-0.1, -0.05) is 25.1 Å². The van der Waals surface area contributed by atoms with E-state index in [1.54, 1.807) is 14.2 Å². The van der Waals surface area contributed by atoms with Gasteiger partial charge in [-0.15, -0.1) is 0 Å². The fourth-order valence-electron chi connectivity index (χ4n) is 2.40. The number of ether oxygens (including phenoxy) is 3. The van der Waals surface area contributed by atoms with Crippen LogP contribution in [0, 0.1) is 0 Å². The maximum atomic E-state index is 5.79. The molecule has 0 bridgehead atoms. The van der Waals surface area contributed by atoms with Crippen LogP contribution in [0.2, 0.25) is 0 Å². The van der Waals surface area contributed by atoms with Crippen molar-refractivity contribution >= 4 is 5.71 Å². The molecule has 0 heterocycles. The van der Waals surface area contributed by atoms with Gasteiger partial charge in [0.25, 0.3) is 0 Å². The third kappa shape index (κ3) is 5.14. The molecule has 2 rings (SSSR count). The molecule has 134 valence electrons. The molecule has 5 heteroatoms. The van der Waals surface area contributed by atoms with E-state index >= 15 is 0 Å². The van der Waals surface area contributed by atoms with Crippen molar-refractivity contribution in [3.05, 3.63) is 53.6 Å². The first-order chi connectivity index (χ1) is 12.2. The average Bonchev–Trinajstić information content (AvgIpc) is 2.66. The number of methoxy groups -OCH3 is 2. The molecule has 2 aromatic carbocycles. The van der Waals surface area contributed by atoms with Gasteiger partial charge in [-0.25, -0.2) is 0 Å². The summed E-state index contributed by atoms with van der Waals surface area (Å²) in [6.07, 6.45) is 0.974. The molecule has 5 nitrogen and oxygen atoms in total. The van der Waals surface area contributed by atoms with Gasteiger partial charge in [0.15, 0.2) is 11.5 Å². The Labute approximate surface area is 149 Å². The molecule has 0 unspecified atom stereocenters. The summed E-state index contributed by atoms with van der Waals surface area (Å²) in [7, 11) is 3.26. The molecule has 0 atom stereocenters. The van der Waals surface area contributed by atoms with Crippen molar-refractivity contribution in [2.24, 2.45) is 5.10 Å². The smallest absolute Gasteiger partial charge is 0.161 e. The van der Waals surface area contributed by atoms with E-state index in [9.17, 15) is 0 Å². The summed E-state index contributed by atoms with van der Waals surface area (Å²) in [4.78, 5) is 0. The van der Waals surface area contributed by atoms with Crippen LogP contribution in [0.3, 0.4) is 0 Å². The largest absolute Gasteiger partial charge is 0.493 e. The second kappa shape index (κ2) is 9.57. The normalized spacial score (nSPS) is 11.1. The van der Waals surface area contributed by atoms with Crippen LogP contribution in [0.1, 0.15) is 31.4 Å². The van der Waals surface area contributed by atoms with E-state index in [1.165, 1.54) is 0 Å². The fraction of sp³-hybridized carbons (Fsp3) is 0.350. The number of nitrogens with zero attached hydrogens (tertiary/aromatic N) is 1. The summed E-state index contributed by atoms with van der Waals surface area (Å²) in [5, 5.41) is 4.47. The Hall–Kier alpha value is -2.69. The van der Waals surface area contributed by atoms with Crippen molar-refractivity contribution in [2.45, 2.75) is 26.8 Å². The number of benzene rings is 2. The number of nitrogens with one attached hydrogen (secondary N) is 1. The molecule has 0 aromatic heterocycles. The standard InChI is InChI=1S/C20H26N2O3/c1-5-12-25-18-9-7-6-8-17(18)15(2)22-21-14-16-10-11-19(23-3)20(13-16)24-4/h6-11,13,21H,5,12,14H2,1-4H3/b22-15+. The molecule has 0 aliphatic carbocycles. The molecular formula is C20H26N2O3. The maximum Gasteiger partial charge on any atom is 0.161 e. The van der Waals surface area contributed by atoms with E-state index in [2.05, 4.69) is 17.5 Å². The number of hydrazone groups is 1. The van der Waals surface area contributed by atoms with Crippen molar-refractivity contribution < 1.29 is 14.2 Å². The van der Waals surface area contributed by atoms with E-state index in [1.807, 2.05) is 49.4 Å². The maximum absolute atomic E-state index is 5.79. The minimum absolute atomic E-state index is 0.593. The Bertz CT molecular complexity index is 714. The molecule has 0 spiro atoms. The Morgan fingerprint density at radius 1 is 1.00 bits per heavy atom. The highest BCUT2D eigenvalue weighted by Crippen LogP contribution is 2.27. The third-order valence-electron chi connectivity index (χ3n) is 3.72. The van der Waals surface area contributed by atoms with Crippen LogP contribution in [-0.4, -0.2) is 26.5 Å². The third-order valence-corrected chi connectivity index (χ3v) is 3.72. The van der Waals surface area contributed by atoms with Gasteiger partial charge in [-0.05, 0) is 43.2 Å². The van der Waals surface area contributed by atoms with Gasteiger partial charge in [0, 0.05) is 5.56 Å². The van der Waals surface area contributed by atoms with E-state index in [4.69, 9.17) is 14.2 Å². The van der Waals surface area contributed by atoms with Crippen LogP contribution < -0.4 is 19.6 Å². The molecule has 0 saturated carbocycles. The van der Waals surface area contributed by atoms with Crippen LogP contribution in [0.15, 0.2) is 47.6 Å². The van der Waals surface area contributed by atoms with Crippen LogP contribution >= 0.6 is 0 Å². The predicted molar refractivity (Wildman–Crippen MR) is 101 cm³/mol. The van der Waals surface area contributed by atoms with Crippen molar-refractivity contribution in [1.82, 2.24) is 5.43 Å². The quantitative estimate of drug-likeness (QED) is 0.553. The van der Waals surface area contributed by atoms with Crippen LogP contribution in [-0.2, 0) is 6.54 Å². The highest BCUT2D eigenvalue weighted by molar-refractivity contribution is 6.00. The summed E-state index contributed by atoms with van der Waals surface area (Å²) < 4.78 is 16.4. The summed E-state index contributed by atoms with van der Waals surface area (Å²) >= 11 is 0. The zero-order valence-electron chi connectivity index (χ0n) is 15.3. The monoisotopic (exact) mass is 342 g/mol. The highest BCUT2D eigenvalue weighted by Gasteiger charge is 2.07. The fourth-order valence-corrected chi connectivity index (χ4v) is 2.40. The van der Waals surface area contributed by atoms with E-state index in [-0.39, 0.29) is 0 Å². The summed E-state index contributed by atoms with van der Waals surface area (Å²) in [5.41, 5.74) is 6.05. The van der Waals surface area contributed by atoms with Gasteiger partial charge in [0.1, 0.15) is 5.75 Å². The zero-order valence-corrected chi connectivity index (χ0v) is 15.3. The van der Waals surface area contributed by atoms with Gasteiger partial charge >= 0.3 is 0 Å². The van der Waals surface area contributed by atoms with Gasteiger partial charge in [0.2, 0.25) is 0 Å². The Morgan fingerprint density at radius 3 is 2.48 bits per heavy atom. The van der Waals surface area contributed by atoms with Crippen LogP contribution in [0.25, 0.3) is 0 Å². The van der Waals surface area contributed by atoms with Gasteiger partial charge < -0.3 is 19.6 Å². The average molecular weight is 342 g/mol. The molecule has 0 saturated heterocycles. The van der Waals surface area contributed by atoms with Gasteiger partial charge in [-0.2, -0.15) is 5.10 Å². The first kappa shape index (κ1) is 18.6. The predicted octanol–water partition coefficient (Wildman–Crippen LogP) is 4.01. The lowest BCUT2D eigenvalue weighted by molar-refractivity contribution is 0.317. The molecule has 25 heavy (non-hydrogen) atoms. The van der Waals surface area contributed by atoms with Gasteiger partial charge in [-0.3, -0.25) is 0 Å². The Balaban J connectivity index is 2.05. The second-order valence-corrected chi connectivity index (χ2v) is 5.57. The highest BCUT2D eigenvalue weighted by atomic mass is 16.5. The first-order valence-electron chi connectivity index (χ1n) is 8.39.